The van der Waals surface area contributed by atoms with Crippen molar-refractivity contribution in [2.75, 3.05) is 18.4 Å². The van der Waals surface area contributed by atoms with E-state index in [1.807, 2.05) is 6.92 Å². The number of nitrogens with one attached hydrogen (secondary N) is 1. The third kappa shape index (κ3) is 4.51. The summed E-state index contributed by atoms with van der Waals surface area (Å²) >= 11 is 5.93. The average Bonchev–Trinajstić information content (AvgIpc) is 2.85. The van der Waals surface area contributed by atoms with Gasteiger partial charge >= 0.3 is 0 Å². The SMILES string of the molecule is CCN(CC)S(=O)(=O)c1c(C)nn(CC(=O)Nc2ccc(Cl)cc2C)c1C. The van der Waals surface area contributed by atoms with Crippen LogP contribution in [0.2, 0.25) is 5.02 Å². The van der Waals surface area contributed by atoms with E-state index in [4.69, 9.17) is 11.6 Å². The lowest BCUT2D eigenvalue weighted by atomic mass is 10.2. The Morgan fingerprint density at radius 2 is 1.85 bits per heavy atom. The van der Waals surface area contributed by atoms with Crippen molar-refractivity contribution in [3.8, 4) is 0 Å². The van der Waals surface area contributed by atoms with E-state index in [2.05, 4.69) is 10.4 Å². The highest BCUT2D eigenvalue weighted by molar-refractivity contribution is 7.89. The molecule has 0 saturated carbocycles. The number of anilines is 1. The second kappa shape index (κ2) is 8.41. The lowest BCUT2D eigenvalue weighted by molar-refractivity contribution is -0.116. The minimum absolute atomic E-state index is 0.0808. The first-order valence-corrected chi connectivity index (χ1v) is 10.5. The van der Waals surface area contributed by atoms with Crippen LogP contribution in [0.1, 0.15) is 30.8 Å². The number of hydrogen-bond donors (Lipinski definition) is 1. The first-order chi connectivity index (χ1) is 12.6. The van der Waals surface area contributed by atoms with Gasteiger partial charge in [0.15, 0.2) is 0 Å². The number of benzene rings is 1. The van der Waals surface area contributed by atoms with Gasteiger partial charge in [-0.1, -0.05) is 25.4 Å². The summed E-state index contributed by atoms with van der Waals surface area (Å²) in [6.07, 6.45) is 0. The lowest BCUT2D eigenvalue weighted by Crippen LogP contribution is -2.31. The molecule has 1 N–H and O–H groups in total. The molecule has 1 heterocycles. The van der Waals surface area contributed by atoms with Gasteiger partial charge in [0.05, 0.1) is 11.4 Å². The topological polar surface area (TPSA) is 84.3 Å². The molecule has 0 aliphatic rings. The summed E-state index contributed by atoms with van der Waals surface area (Å²) in [6.45, 7) is 9.40. The molecular weight excluding hydrogens is 388 g/mol. The molecule has 9 heteroatoms. The first-order valence-electron chi connectivity index (χ1n) is 8.71. The molecule has 0 spiro atoms. The third-order valence-electron chi connectivity index (χ3n) is 4.37. The maximum Gasteiger partial charge on any atom is 0.246 e. The molecule has 0 saturated heterocycles. The maximum atomic E-state index is 12.9. The van der Waals surface area contributed by atoms with Gasteiger partial charge in [-0.25, -0.2) is 8.42 Å². The summed E-state index contributed by atoms with van der Waals surface area (Å²) in [5.41, 5.74) is 2.33. The fourth-order valence-electron chi connectivity index (χ4n) is 2.99. The van der Waals surface area contributed by atoms with E-state index in [9.17, 15) is 13.2 Å². The normalized spacial score (nSPS) is 11.8. The number of aromatic nitrogens is 2. The van der Waals surface area contributed by atoms with Crippen molar-refractivity contribution >= 4 is 33.2 Å². The number of rotatable bonds is 7. The van der Waals surface area contributed by atoms with Gasteiger partial charge in [-0.05, 0) is 44.5 Å². The van der Waals surface area contributed by atoms with E-state index < -0.39 is 10.0 Å². The number of sulfonamides is 1. The Hall–Kier alpha value is -1.90. The summed E-state index contributed by atoms with van der Waals surface area (Å²) in [5, 5.41) is 7.67. The van der Waals surface area contributed by atoms with Crippen molar-refractivity contribution in [3.63, 3.8) is 0 Å². The Morgan fingerprint density at radius 1 is 1.22 bits per heavy atom. The van der Waals surface area contributed by atoms with Crippen LogP contribution in [0.4, 0.5) is 5.69 Å². The zero-order chi connectivity index (χ0) is 20.4. The Morgan fingerprint density at radius 3 is 2.41 bits per heavy atom. The van der Waals surface area contributed by atoms with Crippen LogP contribution >= 0.6 is 11.6 Å². The maximum absolute atomic E-state index is 12.9. The van der Waals surface area contributed by atoms with Gasteiger partial charge in [0.1, 0.15) is 11.4 Å². The summed E-state index contributed by atoms with van der Waals surface area (Å²) in [4.78, 5) is 12.6. The van der Waals surface area contributed by atoms with Crippen molar-refractivity contribution in [1.82, 2.24) is 14.1 Å². The number of carbonyl (C=O) groups excluding carboxylic acids is 1. The zero-order valence-corrected chi connectivity index (χ0v) is 17.8. The molecule has 1 amide bonds. The Labute approximate surface area is 165 Å². The van der Waals surface area contributed by atoms with Gasteiger partial charge in [0, 0.05) is 23.8 Å². The smallest absolute Gasteiger partial charge is 0.246 e. The highest BCUT2D eigenvalue weighted by Crippen LogP contribution is 2.24. The van der Waals surface area contributed by atoms with Gasteiger partial charge in [-0.2, -0.15) is 9.40 Å². The number of halogens is 1. The molecule has 7 nitrogen and oxygen atoms in total. The monoisotopic (exact) mass is 412 g/mol. The minimum Gasteiger partial charge on any atom is -0.324 e. The molecule has 148 valence electrons. The van der Waals surface area contributed by atoms with Crippen LogP contribution in [0.25, 0.3) is 0 Å². The quantitative estimate of drug-likeness (QED) is 0.757. The van der Waals surface area contributed by atoms with Crippen molar-refractivity contribution < 1.29 is 13.2 Å². The Balaban J connectivity index is 2.27. The molecule has 27 heavy (non-hydrogen) atoms. The van der Waals surface area contributed by atoms with E-state index in [-0.39, 0.29) is 17.3 Å². The molecule has 0 unspecified atom stereocenters. The Kier molecular flexibility index (Phi) is 6.67. The lowest BCUT2D eigenvalue weighted by Gasteiger charge is -2.18. The molecule has 0 bridgehead atoms. The van der Waals surface area contributed by atoms with Crippen LogP contribution in [0.5, 0.6) is 0 Å². The summed E-state index contributed by atoms with van der Waals surface area (Å²) in [6, 6.07) is 5.19. The van der Waals surface area contributed by atoms with Gasteiger partial charge in [-0.15, -0.1) is 0 Å². The van der Waals surface area contributed by atoms with Crippen LogP contribution in [0.3, 0.4) is 0 Å². The van der Waals surface area contributed by atoms with Crippen molar-refractivity contribution in [2.45, 2.75) is 46.1 Å². The Bertz CT molecular complexity index is 950. The predicted molar refractivity (Wildman–Crippen MR) is 107 cm³/mol. The zero-order valence-electron chi connectivity index (χ0n) is 16.2. The standard InChI is InChI=1S/C18H25ClN4O3S/c1-6-22(7-2)27(25,26)18-13(4)21-23(14(18)5)11-17(24)20-16-9-8-15(19)10-12(16)3/h8-10H,6-7,11H2,1-5H3,(H,20,24). The van der Waals surface area contributed by atoms with E-state index in [1.165, 1.54) is 8.99 Å². The van der Waals surface area contributed by atoms with Gasteiger partial charge in [-0.3, -0.25) is 9.48 Å². The van der Waals surface area contributed by atoms with Crippen molar-refractivity contribution in [3.05, 3.63) is 40.2 Å². The van der Waals surface area contributed by atoms with Crippen molar-refractivity contribution in [1.29, 1.82) is 0 Å². The van der Waals surface area contributed by atoms with E-state index >= 15 is 0 Å². The van der Waals surface area contributed by atoms with E-state index in [1.54, 1.807) is 45.9 Å². The average molecular weight is 413 g/mol. The minimum atomic E-state index is -3.64. The van der Waals surface area contributed by atoms with Crippen LogP contribution in [-0.4, -0.2) is 41.5 Å². The summed E-state index contributed by atoms with van der Waals surface area (Å²) in [5.74, 6) is -0.294. The van der Waals surface area contributed by atoms with E-state index in [0.717, 1.165) is 5.56 Å². The molecule has 0 atom stereocenters. The molecular formula is C18H25ClN4O3S. The number of amides is 1. The van der Waals surface area contributed by atoms with Gasteiger partial charge in [0.2, 0.25) is 15.9 Å². The largest absolute Gasteiger partial charge is 0.324 e. The molecule has 2 aromatic rings. The fraction of sp³-hybridized carbons (Fsp3) is 0.444. The number of nitrogens with zero attached hydrogens (tertiary/aromatic N) is 3. The fourth-order valence-corrected chi connectivity index (χ4v) is 5.05. The second-order valence-electron chi connectivity index (χ2n) is 6.25. The van der Waals surface area contributed by atoms with Crippen LogP contribution in [0.15, 0.2) is 23.1 Å². The third-order valence-corrected chi connectivity index (χ3v) is 6.91. The molecule has 1 aromatic heterocycles. The molecule has 0 aliphatic heterocycles. The highest BCUT2D eigenvalue weighted by Gasteiger charge is 2.29. The van der Waals surface area contributed by atoms with Crippen LogP contribution < -0.4 is 5.32 Å². The first kappa shape index (κ1) is 21.4. The number of hydrogen-bond acceptors (Lipinski definition) is 4. The van der Waals surface area contributed by atoms with Crippen LogP contribution in [-0.2, 0) is 21.4 Å². The summed E-state index contributed by atoms with van der Waals surface area (Å²) in [7, 11) is -3.64. The number of aryl methyl sites for hydroxylation is 2. The molecule has 1 aromatic carbocycles. The number of carbonyl (C=O) groups is 1. The molecule has 0 aliphatic carbocycles. The highest BCUT2D eigenvalue weighted by atomic mass is 35.5. The molecule has 0 fully saturated rings. The van der Waals surface area contributed by atoms with Crippen LogP contribution in [0, 0.1) is 20.8 Å². The van der Waals surface area contributed by atoms with Crippen molar-refractivity contribution in [2.24, 2.45) is 0 Å². The van der Waals surface area contributed by atoms with Gasteiger partial charge < -0.3 is 5.32 Å². The molecule has 2 rings (SSSR count). The molecule has 0 radical (unpaired) electrons. The summed E-state index contributed by atoms with van der Waals surface area (Å²) < 4.78 is 28.5. The van der Waals surface area contributed by atoms with E-state index in [0.29, 0.717) is 35.2 Å². The second-order valence-corrected chi connectivity index (χ2v) is 8.57. The predicted octanol–water partition coefficient (Wildman–Crippen LogP) is 3.13. The van der Waals surface area contributed by atoms with Gasteiger partial charge in [0.25, 0.3) is 0 Å².